The predicted molar refractivity (Wildman–Crippen MR) is 106 cm³/mol. The third kappa shape index (κ3) is 7.16. The van der Waals surface area contributed by atoms with E-state index in [0.717, 1.165) is 25.1 Å². The Hall–Kier alpha value is -2.16. The van der Waals surface area contributed by atoms with Crippen molar-refractivity contribution in [1.29, 1.82) is 0 Å². The molecule has 0 saturated carbocycles. The lowest BCUT2D eigenvalue weighted by molar-refractivity contribution is 0.0954. The molecule has 0 aromatic heterocycles. The maximum absolute atomic E-state index is 12.9. The van der Waals surface area contributed by atoms with E-state index in [4.69, 9.17) is 0 Å². The zero-order valence-electron chi connectivity index (χ0n) is 14.9. The predicted octanol–water partition coefficient (Wildman–Crippen LogP) is 2.78. The first-order valence-electron chi connectivity index (χ1n) is 8.30. The SMILES string of the molecule is CCCNCCNC(=O)c1ccc(NS(=O)(=O)c2ccc(F)cc2)cc1.Cl. The van der Waals surface area contributed by atoms with E-state index in [2.05, 4.69) is 22.3 Å². The van der Waals surface area contributed by atoms with E-state index < -0.39 is 15.8 Å². The van der Waals surface area contributed by atoms with Crippen LogP contribution >= 0.6 is 12.4 Å². The smallest absolute Gasteiger partial charge is 0.261 e. The standard InChI is InChI=1S/C18H22FN3O3S.ClH/c1-2-11-20-12-13-21-18(23)14-3-7-16(8-4-14)22-26(24,25)17-9-5-15(19)6-10-17;/h3-10,20,22H,2,11-13H2,1H3,(H,21,23);1H. The number of carbonyl (C=O) groups is 1. The molecular weight excluding hydrogens is 393 g/mol. The van der Waals surface area contributed by atoms with Crippen LogP contribution in [0.4, 0.5) is 10.1 Å². The molecule has 27 heavy (non-hydrogen) atoms. The Kier molecular flexibility index (Phi) is 9.20. The van der Waals surface area contributed by atoms with Gasteiger partial charge in [-0.3, -0.25) is 9.52 Å². The molecule has 2 aromatic carbocycles. The van der Waals surface area contributed by atoms with Gasteiger partial charge >= 0.3 is 0 Å². The number of anilines is 1. The quantitative estimate of drug-likeness (QED) is 0.549. The Labute approximate surface area is 165 Å². The molecule has 0 atom stereocenters. The molecule has 0 radical (unpaired) electrons. The lowest BCUT2D eigenvalue weighted by atomic mass is 10.2. The number of hydrogen-bond donors (Lipinski definition) is 3. The molecule has 0 saturated heterocycles. The summed E-state index contributed by atoms with van der Waals surface area (Å²) in [6.07, 6.45) is 1.03. The van der Waals surface area contributed by atoms with Gasteiger partial charge in [-0.1, -0.05) is 6.92 Å². The number of halogens is 2. The van der Waals surface area contributed by atoms with Crippen molar-refractivity contribution in [3.05, 3.63) is 59.9 Å². The summed E-state index contributed by atoms with van der Waals surface area (Å²) in [6.45, 7) is 4.17. The Bertz CT molecular complexity index is 828. The molecule has 0 unspecified atom stereocenters. The van der Waals surface area contributed by atoms with E-state index in [-0.39, 0.29) is 23.2 Å². The third-order valence-electron chi connectivity index (χ3n) is 3.54. The van der Waals surface area contributed by atoms with Gasteiger partial charge in [-0.05, 0) is 61.5 Å². The van der Waals surface area contributed by atoms with Crippen LogP contribution in [0.25, 0.3) is 0 Å². The van der Waals surface area contributed by atoms with Crippen molar-refractivity contribution in [2.24, 2.45) is 0 Å². The van der Waals surface area contributed by atoms with Gasteiger partial charge < -0.3 is 10.6 Å². The second-order valence-corrected chi connectivity index (χ2v) is 7.33. The molecular formula is C18H23ClFN3O3S. The topological polar surface area (TPSA) is 87.3 Å². The Balaban J connectivity index is 0.00000364. The molecule has 2 aromatic rings. The Morgan fingerprint density at radius 3 is 2.19 bits per heavy atom. The molecule has 6 nitrogen and oxygen atoms in total. The Morgan fingerprint density at radius 2 is 1.59 bits per heavy atom. The largest absolute Gasteiger partial charge is 0.351 e. The van der Waals surface area contributed by atoms with Gasteiger partial charge in [0.2, 0.25) is 0 Å². The maximum Gasteiger partial charge on any atom is 0.261 e. The number of rotatable bonds is 9. The van der Waals surface area contributed by atoms with E-state index >= 15 is 0 Å². The molecule has 0 spiro atoms. The van der Waals surface area contributed by atoms with Crippen LogP contribution in [0, 0.1) is 5.82 Å². The van der Waals surface area contributed by atoms with Crippen molar-refractivity contribution >= 4 is 34.0 Å². The van der Waals surface area contributed by atoms with Crippen molar-refractivity contribution in [2.75, 3.05) is 24.4 Å². The number of hydrogen-bond acceptors (Lipinski definition) is 4. The van der Waals surface area contributed by atoms with Crippen LogP contribution in [0.15, 0.2) is 53.4 Å². The fraction of sp³-hybridized carbons (Fsp3) is 0.278. The molecule has 148 valence electrons. The molecule has 0 heterocycles. The molecule has 0 aliphatic heterocycles. The molecule has 1 amide bonds. The summed E-state index contributed by atoms with van der Waals surface area (Å²) >= 11 is 0. The van der Waals surface area contributed by atoms with Gasteiger partial charge in [0.05, 0.1) is 4.90 Å². The van der Waals surface area contributed by atoms with E-state index in [1.54, 1.807) is 0 Å². The highest BCUT2D eigenvalue weighted by Gasteiger charge is 2.14. The van der Waals surface area contributed by atoms with Crippen LogP contribution in [-0.2, 0) is 10.0 Å². The van der Waals surface area contributed by atoms with Crippen LogP contribution < -0.4 is 15.4 Å². The first kappa shape index (κ1) is 22.9. The number of benzene rings is 2. The third-order valence-corrected chi connectivity index (χ3v) is 4.93. The normalized spacial score (nSPS) is 10.7. The summed E-state index contributed by atoms with van der Waals surface area (Å²) in [4.78, 5) is 12.0. The molecule has 0 bridgehead atoms. The first-order chi connectivity index (χ1) is 12.4. The zero-order chi connectivity index (χ0) is 19.0. The lowest BCUT2D eigenvalue weighted by Crippen LogP contribution is -2.32. The minimum absolute atomic E-state index is 0. The van der Waals surface area contributed by atoms with Crippen molar-refractivity contribution in [3.63, 3.8) is 0 Å². The minimum Gasteiger partial charge on any atom is -0.351 e. The average molecular weight is 416 g/mol. The van der Waals surface area contributed by atoms with Gasteiger partial charge in [0.25, 0.3) is 15.9 Å². The van der Waals surface area contributed by atoms with E-state index in [1.807, 2.05) is 0 Å². The maximum atomic E-state index is 12.9. The molecule has 0 aliphatic carbocycles. The minimum atomic E-state index is -3.81. The number of nitrogens with one attached hydrogen (secondary N) is 3. The van der Waals surface area contributed by atoms with Gasteiger partial charge in [-0.15, -0.1) is 12.4 Å². The summed E-state index contributed by atoms with van der Waals surface area (Å²) in [7, 11) is -3.81. The molecule has 2 rings (SSSR count). The second-order valence-electron chi connectivity index (χ2n) is 5.64. The van der Waals surface area contributed by atoms with Gasteiger partial charge in [-0.25, -0.2) is 12.8 Å². The van der Waals surface area contributed by atoms with Crippen molar-refractivity contribution in [3.8, 4) is 0 Å². The van der Waals surface area contributed by atoms with Crippen LogP contribution in [0.3, 0.4) is 0 Å². The van der Waals surface area contributed by atoms with Crippen LogP contribution in [-0.4, -0.2) is 34.0 Å². The van der Waals surface area contributed by atoms with Crippen LogP contribution in [0.2, 0.25) is 0 Å². The van der Waals surface area contributed by atoms with Crippen molar-refractivity contribution in [2.45, 2.75) is 18.2 Å². The van der Waals surface area contributed by atoms with Crippen molar-refractivity contribution < 1.29 is 17.6 Å². The number of amides is 1. The van der Waals surface area contributed by atoms with Crippen LogP contribution in [0.1, 0.15) is 23.7 Å². The summed E-state index contributed by atoms with van der Waals surface area (Å²) in [5.74, 6) is -0.736. The lowest BCUT2D eigenvalue weighted by Gasteiger charge is -2.09. The highest BCUT2D eigenvalue weighted by atomic mass is 35.5. The Morgan fingerprint density at radius 1 is 0.963 bits per heavy atom. The molecule has 0 aliphatic rings. The number of sulfonamides is 1. The van der Waals surface area contributed by atoms with Gasteiger partial charge in [0.15, 0.2) is 0 Å². The van der Waals surface area contributed by atoms with E-state index in [0.29, 0.717) is 24.3 Å². The van der Waals surface area contributed by atoms with Crippen molar-refractivity contribution in [1.82, 2.24) is 10.6 Å². The van der Waals surface area contributed by atoms with E-state index in [9.17, 15) is 17.6 Å². The van der Waals surface area contributed by atoms with Crippen LogP contribution in [0.5, 0.6) is 0 Å². The highest BCUT2D eigenvalue weighted by Crippen LogP contribution is 2.17. The molecule has 3 N–H and O–H groups in total. The zero-order valence-corrected chi connectivity index (χ0v) is 16.5. The molecule has 9 heteroatoms. The summed E-state index contributed by atoms with van der Waals surface area (Å²) < 4.78 is 39.8. The van der Waals surface area contributed by atoms with Gasteiger partial charge in [0.1, 0.15) is 5.82 Å². The van der Waals surface area contributed by atoms with E-state index in [1.165, 1.54) is 36.4 Å². The van der Waals surface area contributed by atoms with Gasteiger partial charge in [-0.2, -0.15) is 0 Å². The molecule has 0 fully saturated rings. The second kappa shape index (κ2) is 10.9. The summed E-state index contributed by atoms with van der Waals surface area (Å²) in [5, 5.41) is 5.96. The summed E-state index contributed by atoms with van der Waals surface area (Å²) in [6, 6.07) is 10.6. The summed E-state index contributed by atoms with van der Waals surface area (Å²) in [5.41, 5.74) is 0.751. The van der Waals surface area contributed by atoms with Gasteiger partial charge in [0, 0.05) is 24.3 Å². The fourth-order valence-electron chi connectivity index (χ4n) is 2.19. The average Bonchev–Trinajstić information content (AvgIpc) is 2.62. The fourth-order valence-corrected chi connectivity index (χ4v) is 3.24. The first-order valence-corrected chi connectivity index (χ1v) is 9.78. The highest BCUT2D eigenvalue weighted by molar-refractivity contribution is 7.92. The monoisotopic (exact) mass is 415 g/mol. The number of carbonyl (C=O) groups excluding carboxylic acids is 1.